The van der Waals surface area contributed by atoms with Crippen LogP contribution in [0.1, 0.15) is 49.3 Å². The van der Waals surface area contributed by atoms with Crippen LogP contribution >= 0.6 is 0 Å². The van der Waals surface area contributed by atoms with E-state index >= 15 is 0 Å². The van der Waals surface area contributed by atoms with Crippen LogP contribution in [0, 0.1) is 5.92 Å². The predicted molar refractivity (Wildman–Crippen MR) is 147 cm³/mol. The zero-order valence-corrected chi connectivity index (χ0v) is 21.9. The van der Waals surface area contributed by atoms with Crippen LogP contribution in [0.3, 0.4) is 0 Å². The number of amides is 1. The van der Waals surface area contributed by atoms with E-state index in [1.807, 2.05) is 36.4 Å². The van der Waals surface area contributed by atoms with Crippen molar-refractivity contribution in [3.8, 4) is 0 Å². The molecule has 194 valence electrons. The van der Waals surface area contributed by atoms with Crippen LogP contribution in [0.2, 0.25) is 0 Å². The summed E-state index contributed by atoms with van der Waals surface area (Å²) in [5.41, 5.74) is 3.05. The molecule has 1 aliphatic heterocycles. The molecular weight excluding hydrogens is 482 g/mol. The van der Waals surface area contributed by atoms with Gasteiger partial charge in [0.1, 0.15) is 0 Å². The molecule has 1 N–H and O–H groups in total. The minimum atomic E-state index is -3.61. The number of benzene rings is 3. The Bertz CT molecular complexity index is 1230. The molecule has 0 atom stereocenters. The van der Waals surface area contributed by atoms with Gasteiger partial charge in [0.05, 0.1) is 10.9 Å². The van der Waals surface area contributed by atoms with Gasteiger partial charge in [-0.15, -0.1) is 0 Å². The topological polar surface area (TPSA) is 69.7 Å². The number of hydrogen-bond acceptors (Lipinski definition) is 4. The van der Waals surface area contributed by atoms with Crippen molar-refractivity contribution in [2.45, 2.75) is 43.0 Å². The zero-order chi connectivity index (χ0) is 25.7. The standard InChI is InChI=1S/C30H35N3O3S/c34-29(23-24-9-7-8-10-24)31-27-15-17-28(18-16-27)37(35,36)33-21-19-32(20-22-33)30(25-11-3-1-4-12-25)26-13-5-2-6-14-26/h1-6,11-18,24,30H,7-10,19-23H2,(H,31,34). The molecular formula is C30H35N3O3S. The largest absolute Gasteiger partial charge is 0.326 e. The molecule has 2 aliphatic rings. The van der Waals surface area contributed by atoms with E-state index in [0.717, 1.165) is 12.8 Å². The summed E-state index contributed by atoms with van der Waals surface area (Å²) >= 11 is 0. The van der Waals surface area contributed by atoms with Crippen LogP contribution in [-0.2, 0) is 14.8 Å². The van der Waals surface area contributed by atoms with E-state index in [1.54, 1.807) is 28.6 Å². The molecule has 7 heteroatoms. The van der Waals surface area contributed by atoms with Gasteiger partial charge in [0.15, 0.2) is 0 Å². The van der Waals surface area contributed by atoms with Gasteiger partial charge < -0.3 is 5.32 Å². The van der Waals surface area contributed by atoms with Gasteiger partial charge in [-0.2, -0.15) is 4.31 Å². The maximum absolute atomic E-state index is 13.4. The number of anilines is 1. The molecule has 0 spiro atoms. The molecule has 1 amide bonds. The van der Waals surface area contributed by atoms with E-state index < -0.39 is 10.0 Å². The first kappa shape index (κ1) is 25.6. The molecule has 5 rings (SSSR count). The highest BCUT2D eigenvalue weighted by atomic mass is 32.2. The van der Waals surface area contributed by atoms with E-state index in [0.29, 0.717) is 44.2 Å². The Morgan fingerprint density at radius 2 is 1.32 bits per heavy atom. The summed E-state index contributed by atoms with van der Waals surface area (Å²) in [5.74, 6) is 0.478. The van der Waals surface area contributed by atoms with Gasteiger partial charge in [-0.25, -0.2) is 8.42 Å². The molecule has 3 aromatic rings. The van der Waals surface area contributed by atoms with E-state index in [2.05, 4.69) is 34.5 Å². The third-order valence-electron chi connectivity index (χ3n) is 7.59. The van der Waals surface area contributed by atoms with Gasteiger partial charge in [-0.1, -0.05) is 73.5 Å². The number of carbonyl (C=O) groups is 1. The van der Waals surface area contributed by atoms with Crippen LogP contribution < -0.4 is 5.32 Å². The van der Waals surface area contributed by atoms with Crippen molar-refractivity contribution in [2.75, 3.05) is 31.5 Å². The Balaban J connectivity index is 1.23. The van der Waals surface area contributed by atoms with E-state index in [1.165, 1.54) is 24.0 Å². The molecule has 3 aromatic carbocycles. The molecule has 1 heterocycles. The van der Waals surface area contributed by atoms with Gasteiger partial charge in [0, 0.05) is 38.3 Å². The lowest BCUT2D eigenvalue weighted by atomic mass is 9.96. The van der Waals surface area contributed by atoms with Crippen molar-refractivity contribution >= 4 is 21.6 Å². The number of sulfonamides is 1. The Labute approximate surface area is 220 Å². The number of nitrogens with zero attached hydrogens (tertiary/aromatic N) is 2. The summed E-state index contributed by atoms with van der Waals surface area (Å²) in [4.78, 5) is 15.0. The van der Waals surface area contributed by atoms with Crippen LogP contribution in [0.15, 0.2) is 89.8 Å². The number of nitrogens with one attached hydrogen (secondary N) is 1. The molecule has 1 aliphatic carbocycles. The fourth-order valence-corrected chi connectivity index (χ4v) is 7.06. The van der Waals surface area contributed by atoms with Crippen LogP contribution in [0.4, 0.5) is 5.69 Å². The van der Waals surface area contributed by atoms with Crippen LogP contribution in [-0.4, -0.2) is 49.7 Å². The molecule has 2 fully saturated rings. The number of hydrogen-bond donors (Lipinski definition) is 1. The summed E-state index contributed by atoms with van der Waals surface area (Å²) < 4.78 is 28.3. The highest BCUT2D eigenvalue weighted by Crippen LogP contribution is 2.31. The average Bonchev–Trinajstić information content (AvgIpc) is 3.44. The lowest BCUT2D eigenvalue weighted by Crippen LogP contribution is -2.49. The lowest BCUT2D eigenvalue weighted by molar-refractivity contribution is -0.117. The van der Waals surface area contributed by atoms with Crippen molar-refractivity contribution in [3.05, 3.63) is 96.1 Å². The second-order valence-corrected chi connectivity index (χ2v) is 12.0. The quantitative estimate of drug-likeness (QED) is 0.440. The minimum absolute atomic E-state index is 0.00464. The molecule has 37 heavy (non-hydrogen) atoms. The van der Waals surface area contributed by atoms with Gasteiger partial charge in [-0.05, 0) is 54.2 Å². The highest BCUT2D eigenvalue weighted by molar-refractivity contribution is 7.89. The zero-order valence-electron chi connectivity index (χ0n) is 21.1. The summed E-state index contributed by atoms with van der Waals surface area (Å²) in [7, 11) is -3.61. The number of piperazine rings is 1. The lowest BCUT2D eigenvalue weighted by Gasteiger charge is -2.39. The third kappa shape index (κ3) is 6.12. The maximum Gasteiger partial charge on any atom is 0.243 e. The molecule has 1 saturated heterocycles. The fourth-order valence-electron chi connectivity index (χ4n) is 5.63. The van der Waals surface area contributed by atoms with Crippen molar-refractivity contribution in [3.63, 3.8) is 0 Å². The molecule has 0 unspecified atom stereocenters. The normalized spacial score (nSPS) is 17.8. The van der Waals surface area contributed by atoms with Gasteiger partial charge in [0.2, 0.25) is 15.9 Å². The van der Waals surface area contributed by atoms with E-state index in [-0.39, 0.29) is 16.8 Å². The highest BCUT2D eigenvalue weighted by Gasteiger charge is 2.32. The third-order valence-corrected chi connectivity index (χ3v) is 9.51. The fraction of sp³-hybridized carbons (Fsp3) is 0.367. The van der Waals surface area contributed by atoms with Gasteiger partial charge in [-0.3, -0.25) is 9.69 Å². The first-order chi connectivity index (χ1) is 18.0. The Kier molecular flexibility index (Phi) is 8.03. The Morgan fingerprint density at radius 3 is 1.86 bits per heavy atom. The predicted octanol–water partition coefficient (Wildman–Crippen LogP) is 5.30. The van der Waals surface area contributed by atoms with Crippen molar-refractivity contribution in [1.29, 1.82) is 0 Å². The van der Waals surface area contributed by atoms with Crippen LogP contribution in [0.5, 0.6) is 0 Å². The summed E-state index contributed by atoms with van der Waals surface area (Å²) in [5, 5.41) is 2.92. The summed E-state index contributed by atoms with van der Waals surface area (Å²) in [6, 6.07) is 27.4. The second kappa shape index (κ2) is 11.6. The monoisotopic (exact) mass is 517 g/mol. The van der Waals surface area contributed by atoms with E-state index in [4.69, 9.17) is 0 Å². The SMILES string of the molecule is O=C(CC1CCCC1)Nc1ccc(S(=O)(=O)N2CCN(C(c3ccccc3)c3ccccc3)CC2)cc1. The van der Waals surface area contributed by atoms with Crippen LogP contribution in [0.25, 0.3) is 0 Å². The average molecular weight is 518 g/mol. The second-order valence-electron chi connectivity index (χ2n) is 10.1. The maximum atomic E-state index is 13.4. The van der Waals surface area contributed by atoms with Crippen molar-refractivity contribution < 1.29 is 13.2 Å². The van der Waals surface area contributed by atoms with Gasteiger partial charge in [0.25, 0.3) is 0 Å². The summed E-state index contributed by atoms with van der Waals surface area (Å²) in [6.07, 6.45) is 5.19. The summed E-state index contributed by atoms with van der Waals surface area (Å²) in [6.45, 7) is 2.14. The smallest absolute Gasteiger partial charge is 0.243 e. The van der Waals surface area contributed by atoms with E-state index in [9.17, 15) is 13.2 Å². The molecule has 0 bridgehead atoms. The molecule has 6 nitrogen and oxygen atoms in total. The Morgan fingerprint density at radius 1 is 0.784 bits per heavy atom. The first-order valence-corrected chi connectivity index (χ1v) is 14.7. The molecule has 0 aromatic heterocycles. The minimum Gasteiger partial charge on any atom is -0.326 e. The number of carbonyl (C=O) groups excluding carboxylic acids is 1. The molecule has 1 saturated carbocycles. The number of rotatable bonds is 8. The van der Waals surface area contributed by atoms with Crippen molar-refractivity contribution in [2.24, 2.45) is 5.92 Å². The van der Waals surface area contributed by atoms with Gasteiger partial charge >= 0.3 is 0 Å². The first-order valence-electron chi connectivity index (χ1n) is 13.2. The Hall–Kier alpha value is -3.00. The molecule has 0 radical (unpaired) electrons. The van der Waals surface area contributed by atoms with Crippen molar-refractivity contribution in [1.82, 2.24) is 9.21 Å².